The van der Waals surface area contributed by atoms with Crippen LogP contribution in [-0.4, -0.2) is 17.2 Å². The minimum atomic E-state index is -2.74. The maximum absolute atomic E-state index is 12.7. The van der Waals surface area contributed by atoms with Gasteiger partial charge in [0, 0.05) is 5.56 Å². The lowest BCUT2D eigenvalue weighted by Crippen LogP contribution is -2.47. The zero-order chi connectivity index (χ0) is 11.9. The van der Waals surface area contributed by atoms with Gasteiger partial charge in [0.2, 0.25) is 0 Å². The Balaban J connectivity index is 2.57. The number of para-hydroxylation sites is 1. The van der Waals surface area contributed by atoms with Crippen molar-refractivity contribution < 1.29 is 18.8 Å². The molecule has 1 aliphatic rings. The van der Waals surface area contributed by atoms with E-state index in [1.54, 1.807) is 6.07 Å². The van der Waals surface area contributed by atoms with E-state index in [9.17, 15) is 18.8 Å². The van der Waals surface area contributed by atoms with Crippen molar-refractivity contribution in [3.05, 3.63) is 29.3 Å². The summed E-state index contributed by atoms with van der Waals surface area (Å²) in [6, 6.07) is 3.31. The lowest BCUT2D eigenvalue weighted by molar-refractivity contribution is -0.125. The molecule has 1 aromatic rings. The molecule has 86 valence electrons. The third-order valence-corrected chi connectivity index (χ3v) is 2.56. The van der Waals surface area contributed by atoms with Gasteiger partial charge in [-0.05, 0) is 12.0 Å². The Hall–Kier alpha value is -1.53. The van der Waals surface area contributed by atoms with E-state index in [0.29, 0.717) is 5.56 Å². The minimum absolute atomic E-state index is 0.135. The number of nitrogens with zero attached hydrogens (tertiary/aromatic N) is 1. The fraction of sp³-hybridized carbons (Fsp3) is 0.300. The summed E-state index contributed by atoms with van der Waals surface area (Å²) in [7, 11) is 0. The third-order valence-electron chi connectivity index (χ3n) is 2.56. The summed E-state index contributed by atoms with van der Waals surface area (Å²) < 4.78 is 25.3. The first-order valence-electron chi connectivity index (χ1n) is 4.70. The summed E-state index contributed by atoms with van der Waals surface area (Å²) >= 11 is 0. The number of rotatable bonds is 1. The van der Waals surface area contributed by atoms with Crippen LogP contribution in [0.2, 0.25) is 0 Å². The van der Waals surface area contributed by atoms with Crippen LogP contribution in [0.3, 0.4) is 0 Å². The van der Waals surface area contributed by atoms with Crippen LogP contribution >= 0.6 is 0 Å². The van der Waals surface area contributed by atoms with E-state index in [2.05, 4.69) is 0 Å². The molecule has 0 spiro atoms. The standard InChI is InChI=1S/C10H10F2N2O2/c11-9(12)6-3-1-2-5-4-7(13)10(15)14(16)8(5)6/h1-3,7,9,16H,4,13H2/t7-/m0/s1. The second-order valence-electron chi connectivity index (χ2n) is 3.62. The molecule has 1 amide bonds. The normalized spacial score (nSPS) is 20.2. The number of carbonyl (C=O) groups excluding carboxylic acids is 1. The van der Waals surface area contributed by atoms with Gasteiger partial charge in [0.15, 0.2) is 0 Å². The summed E-state index contributed by atoms with van der Waals surface area (Å²) in [6.45, 7) is 0. The van der Waals surface area contributed by atoms with E-state index < -0.39 is 18.4 Å². The molecule has 0 aliphatic carbocycles. The van der Waals surface area contributed by atoms with Crippen molar-refractivity contribution in [3.8, 4) is 0 Å². The van der Waals surface area contributed by atoms with Crippen LogP contribution in [-0.2, 0) is 11.2 Å². The molecule has 0 saturated carbocycles. The zero-order valence-electron chi connectivity index (χ0n) is 8.23. The minimum Gasteiger partial charge on any atom is -0.320 e. The molecule has 0 fully saturated rings. The number of hydrogen-bond acceptors (Lipinski definition) is 3. The monoisotopic (exact) mass is 228 g/mol. The van der Waals surface area contributed by atoms with Crippen LogP contribution < -0.4 is 10.8 Å². The second kappa shape index (κ2) is 3.80. The van der Waals surface area contributed by atoms with Gasteiger partial charge in [-0.3, -0.25) is 10.0 Å². The molecule has 16 heavy (non-hydrogen) atoms. The van der Waals surface area contributed by atoms with Crippen LogP contribution in [0.15, 0.2) is 18.2 Å². The Morgan fingerprint density at radius 2 is 2.19 bits per heavy atom. The third kappa shape index (κ3) is 1.56. The molecule has 0 saturated heterocycles. The molecular weight excluding hydrogens is 218 g/mol. The topological polar surface area (TPSA) is 66.6 Å². The Bertz CT molecular complexity index is 437. The fourth-order valence-corrected chi connectivity index (χ4v) is 1.80. The number of hydroxylamine groups is 1. The van der Waals surface area contributed by atoms with E-state index in [0.717, 1.165) is 0 Å². The number of hydrogen-bond donors (Lipinski definition) is 2. The average Bonchev–Trinajstić information content (AvgIpc) is 2.25. The summed E-state index contributed by atoms with van der Waals surface area (Å²) in [5.41, 5.74) is 5.43. The van der Waals surface area contributed by atoms with Crippen molar-refractivity contribution in [3.63, 3.8) is 0 Å². The van der Waals surface area contributed by atoms with E-state index in [1.807, 2.05) is 0 Å². The van der Waals surface area contributed by atoms with Gasteiger partial charge < -0.3 is 5.73 Å². The number of benzene rings is 1. The van der Waals surface area contributed by atoms with Gasteiger partial charge in [0.1, 0.15) is 0 Å². The van der Waals surface area contributed by atoms with Gasteiger partial charge in [-0.1, -0.05) is 18.2 Å². The molecule has 1 heterocycles. The summed E-state index contributed by atoms with van der Waals surface area (Å²) in [6.07, 6.45) is -2.59. The molecule has 2 rings (SSSR count). The largest absolute Gasteiger partial charge is 0.320 e. The Morgan fingerprint density at radius 3 is 2.81 bits per heavy atom. The quantitative estimate of drug-likeness (QED) is 0.710. The molecular formula is C10H10F2N2O2. The van der Waals surface area contributed by atoms with Crippen LogP contribution in [0.25, 0.3) is 0 Å². The maximum atomic E-state index is 12.7. The van der Waals surface area contributed by atoms with E-state index >= 15 is 0 Å². The van der Waals surface area contributed by atoms with Gasteiger partial charge >= 0.3 is 0 Å². The molecule has 1 atom stereocenters. The molecule has 6 heteroatoms. The van der Waals surface area contributed by atoms with Crippen LogP contribution in [0.4, 0.5) is 14.5 Å². The highest BCUT2D eigenvalue weighted by Crippen LogP contribution is 2.35. The van der Waals surface area contributed by atoms with E-state index in [-0.39, 0.29) is 22.7 Å². The van der Waals surface area contributed by atoms with Gasteiger partial charge in [-0.15, -0.1) is 0 Å². The number of anilines is 1. The number of amides is 1. The van der Waals surface area contributed by atoms with E-state index in [1.165, 1.54) is 12.1 Å². The molecule has 0 radical (unpaired) electrons. The Kier molecular flexibility index (Phi) is 2.61. The Labute approximate surface area is 90.2 Å². The van der Waals surface area contributed by atoms with Crippen molar-refractivity contribution in [1.29, 1.82) is 0 Å². The smallest absolute Gasteiger partial charge is 0.267 e. The molecule has 1 aromatic carbocycles. The van der Waals surface area contributed by atoms with E-state index in [4.69, 9.17) is 5.73 Å². The summed E-state index contributed by atoms with van der Waals surface area (Å²) in [5.74, 6) is -0.763. The van der Waals surface area contributed by atoms with Gasteiger partial charge in [-0.25, -0.2) is 8.78 Å². The molecule has 1 aliphatic heterocycles. The maximum Gasteiger partial charge on any atom is 0.267 e. The average molecular weight is 228 g/mol. The number of halogens is 2. The second-order valence-corrected chi connectivity index (χ2v) is 3.62. The highest BCUT2D eigenvalue weighted by Gasteiger charge is 2.33. The molecule has 0 unspecified atom stereocenters. The van der Waals surface area contributed by atoms with Crippen molar-refractivity contribution in [2.45, 2.75) is 18.9 Å². The molecule has 4 nitrogen and oxygen atoms in total. The van der Waals surface area contributed by atoms with Gasteiger partial charge in [-0.2, -0.15) is 5.06 Å². The number of alkyl halides is 2. The lowest BCUT2D eigenvalue weighted by Gasteiger charge is -2.29. The predicted molar refractivity (Wildman–Crippen MR) is 52.4 cm³/mol. The number of carbonyl (C=O) groups is 1. The first-order chi connectivity index (χ1) is 7.52. The Morgan fingerprint density at radius 1 is 1.50 bits per heavy atom. The molecule has 0 bridgehead atoms. The van der Waals surface area contributed by atoms with Crippen molar-refractivity contribution in [2.75, 3.05) is 5.06 Å². The highest BCUT2D eigenvalue weighted by molar-refractivity contribution is 5.98. The first-order valence-corrected chi connectivity index (χ1v) is 4.70. The van der Waals surface area contributed by atoms with Gasteiger partial charge in [0.25, 0.3) is 12.3 Å². The molecule has 3 N–H and O–H groups in total. The van der Waals surface area contributed by atoms with Crippen LogP contribution in [0, 0.1) is 0 Å². The summed E-state index contributed by atoms with van der Waals surface area (Å²) in [5, 5.41) is 9.73. The summed E-state index contributed by atoms with van der Waals surface area (Å²) in [4.78, 5) is 11.4. The van der Waals surface area contributed by atoms with Crippen LogP contribution in [0.1, 0.15) is 17.6 Å². The van der Waals surface area contributed by atoms with Crippen LogP contribution in [0.5, 0.6) is 0 Å². The molecule has 0 aromatic heterocycles. The lowest BCUT2D eigenvalue weighted by atomic mass is 9.96. The van der Waals surface area contributed by atoms with Crippen molar-refractivity contribution in [2.24, 2.45) is 5.73 Å². The number of nitrogens with two attached hydrogens (primary N) is 1. The first kappa shape index (κ1) is 11.0. The van der Waals surface area contributed by atoms with Crippen molar-refractivity contribution in [1.82, 2.24) is 0 Å². The fourth-order valence-electron chi connectivity index (χ4n) is 1.80. The zero-order valence-corrected chi connectivity index (χ0v) is 8.23. The SMILES string of the molecule is N[C@H]1Cc2cccc(C(F)F)c2N(O)C1=O. The van der Waals surface area contributed by atoms with Crippen molar-refractivity contribution >= 4 is 11.6 Å². The highest BCUT2D eigenvalue weighted by atomic mass is 19.3. The number of fused-ring (bicyclic) bond motifs is 1. The predicted octanol–water partition coefficient (Wildman–Crippen LogP) is 1.23. The van der Waals surface area contributed by atoms with Gasteiger partial charge in [0.05, 0.1) is 11.7 Å².